The number of carbonyl (C=O) groups is 2. The summed E-state index contributed by atoms with van der Waals surface area (Å²) >= 11 is 0. The van der Waals surface area contributed by atoms with Crippen molar-refractivity contribution in [2.75, 3.05) is 19.5 Å². The van der Waals surface area contributed by atoms with Gasteiger partial charge in [0.2, 0.25) is 6.29 Å². The highest BCUT2D eigenvalue weighted by molar-refractivity contribution is 7.86. The monoisotopic (exact) mass is 1140 g/mol. The van der Waals surface area contributed by atoms with Crippen molar-refractivity contribution >= 4 is 32.5 Å². The maximum absolute atomic E-state index is 13.9. The predicted octanol–water partition coefficient (Wildman–Crippen LogP) is 10.5. The largest absolute Gasteiger partial charge is 0.453 e. The molecule has 0 aromatic rings. The van der Waals surface area contributed by atoms with Crippen LogP contribution in [0, 0.1) is 17.8 Å². The molecule has 2 saturated heterocycles. The Morgan fingerprint density at radius 2 is 0.961 bits per heavy atom. The van der Waals surface area contributed by atoms with Crippen LogP contribution in [0.15, 0.2) is 11.6 Å². The third kappa shape index (κ3) is 31.3. The van der Waals surface area contributed by atoms with Crippen LogP contribution in [0.25, 0.3) is 0 Å². The van der Waals surface area contributed by atoms with Gasteiger partial charge >= 0.3 is 22.3 Å². The number of carbonyl (C=O) groups excluding carboxylic acids is 2. The van der Waals surface area contributed by atoms with Gasteiger partial charge in [0.1, 0.15) is 30.5 Å². The third-order valence-electron chi connectivity index (χ3n) is 14.9. The molecule has 5 N–H and O–H groups in total. The molecule has 77 heavy (non-hydrogen) atoms. The minimum Gasteiger partial charge on any atom is -0.453 e. The fourth-order valence-electron chi connectivity index (χ4n) is 10.7. The number of ether oxygens (including phenoxy) is 5. The average molecular weight is 1140 g/mol. The molecule has 0 aromatic carbocycles. The molecule has 0 bridgehead atoms. The second kappa shape index (κ2) is 40.4. The minimum atomic E-state index is -5.48. The number of aliphatic hydroxyl groups excluding tert-OH is 4. The zero-order valence-corrected chi connectivity index (χ0v) is 49.9. The molecular weight excluding hydrogens is 1040 g/mol. The van der Waals surface area contributed by atoms with Crippen molar-refractivity contribution in [3.63, 3.8) is 0 Å². The smallest absolute Gasteiger partial charge is 0.397 e. The first-order valence-corrected chi connectivity index (χ1v) is 33.0. The van der Waals surface area contributed by atoms with Gasteiger partial charge in [0.15, 0.2) is 24.6 Å². The van der Waals surface area contributed by atoms with Crippen molar-refractivity contribution in [2.45, 2.75) is 302 Å². The van der Waals surface area contributed by atoms with E-state index < -0.39 is 107 Å². The van der Waals surface area contributed by atoms with Gasteiger partial charge in [-0.2, -0.15) is 16.8 Å². The summed E-state index contributed by atoms with van der Waals surface area (Å²) in [7, 11) is -9.99. The quantitative estimate of drug-likeness (QED) is 0.0125. The van der Waals surface area contributed by atoms with Gasteiger partial charge < -0.3 is 44.1 Å². The van der Waals surface area contributed by atoms with E-state index in [-0.39, 0.29) is 17.9 Å². The number of unbranched alkanes of at least 4 members (excludes halogenated alkanes) is 25. The van der Waals surface area contributed by atoms with E-state index in [9.17, 15) is 51.4 Å². The lowest BCUT2D eigenvalue weighted by Crippen LogP contribution is -2.66. The van der Waals surface area contributed by atoms with E-state index in [1.54, 1.807) is 13.0 Å². The molecule has 454 valence electrons. The number of allylic oxidation sites excluding steroid dienone is 1. The summed E-state index contributed by atoms with van der Waals surface area (Å²) in [6.45, 7) is 10.6. The van der Waals surface area contributed by atoms with E-state index in [2.05, 4.69) is 27.7 Å². The lowest BCUT2D eigenvalue weighted by Gasteiger charge is -2.46. The van der Waals surface area contributed by atoms with E-state index in [1.165, 1.54) is 135 Å². The molecule has 2 aliphatic heterocycles. The van der Waals surface area contributed by atoms with Crippen LogP contribution < -0.4 is 0 Å². The normalized spacial score (nSPS) is 25.6. The Morgan fingerprint density at radius 3 is 1.39 bits per heavy atom. The molecule has 2 aliphatic rings. The predicted molar refractivity (Wildman–Crippen MR) is 296 cm³/mol. The first-order valence-electron chi connectivity index (χ1n) is 29.8. The lowest BCUT2D eigenvalue weighted by atomic mass is 9.86. The van der Waals surface area contributed by atoms with Crippen molar-refractivity contribution in [3.05, 3.63) is 11.6 Å². The maximum atomic E-state index is 13.9. The molecular formula is C57H106O18S2. The molecule has 2 fully saturated rings. The van der Waals surface area contributed by atoms with Crippen LogP contribution in [0.2, 0.25) is 0 Å². The Kier molecular flexibility index (Phi) is 37.4. The molecule has 0 saturated carbocycles. The molecule has 0 aromatic heterocycles. The molecule has 18 nitrogen and oxygen atoms in total. The Balaban J connectivity index is 2.16. The molecule has 2 heterocycles. The molecule has 0 radical (unpaired) electrons. The Bertz CT molecular complexity index is 1820. The van der Waals surface area contributed by atoms with Crippen LogP contribution in [0.4, 0.5) is 0 Å². The van der Waals surface area contributed by atoms with Crippen LogP contribution in [0.1, 0.15) is 241 Å². The topological polar surface area (TPSA) is 268 Å². The Hall–Kier alpha value is -1.82. The van der Waals surface area contributed by atoms with Gasteiger partial charge in [0, 0.05) is 12.0 Å². The SMILES string of the molecule is CCCCCCCCCCCCCCCC[C@H](C)C[C@H](C)C[C@H](C)/C=C(\C)C(=O)O[C@H]1[C@H](O)[C@@H](CO)O[C@H](O[C@H]2O[C@H](CO)[C@@H](O)[C@H](OS(C)(=O)=O)[C@H]2OS(=O)(=O)O)[C@@H]1OC(=O)CCCCCCCCCCCCCCC. The van der Waals surface area contributed by atoms with Gasteiger partial charge in [0.05, 0.1) is 19.5 Å². The van der Waals surface area contributed by atoms with Gasteiger partial charge in [-0.3, -0.25) is 13.5 Å². The number of hydrogen-bond acceptors (Lipinski definition) is 17. The zero-order chi connectivity index (χ0) is 57.2. The Labute approximate surface area is 464 Å². The van der Waals surface area contributed by atoms with E-state index in [1.807, 2.05) is 6.92 Å². The van der Waals surface area contributed by atoms with Crippen molar-refractivity contribution in [1.82, 2.24) is 0 Å². The molecule has 13 atom stereocenters. The van der Waals surface area contributed by atoms with Crippen LogP contribution >= 0.6 is 0 Å². The highest BCUT2D eigenvalue weighted by Gasteiger charge is 2.56. The highest BCUT2D eigenvalue weighted by Crippen LogP contribution is 2.35. The summed E-state index contributed by atoms with van der Waals surface area (Å²) in [5.41, 5.74) is 0.187. The van der Waals surface area contributed by atoms with Crippen LogP contribution in [0.5, 0.6) is 0 Å². The summed E-state index contributed by atoms with van der Waals surface area (Å²) < 4.78 is 97.5. The molecule has 0 aliphatic carbocycles. The average Bonchev–Trinajstić information content (AvgIpc) is 3.35. The second-order valence-electron chi connectivity index (χ2n) is 22.5. The summed E-state index contributed by atoms with van der Waals surface area (Å²) in [5.74, 6) is -0.848. The van der Waals surface area contributed by atoms with Crippen LogP contribution in [-0.2, 0) is 62.2 Å². The van der Waals surface area contributed by atoms with Crippen LogP contribution in [0.3, 0.4) is 0 Å². The number of aliphatic hydroxyl groups is 4. The van der Waals surface area contributed by atoms with E-state index in [4.69, 9.17) is 32.1 Å². The van der Waals surface area contributed by atoms with Gasteiger partial charge in [-0.05, 0) is 43.9 Å². The van der Waals surface area contributed by atoms with Crippen molar-refractivity contribution in [3.8, 4) is 0 Å². The molecule has 0 amide bonds. The number of hydrogen-bond donors (Lipinski definition) is 5. The summed E-state index contributed by atoms with van der Waals surface area (Å²) in [4.78, 5) is 27.6. The van der Waals surface area contributed by atoms with E-state index >= 15 is 0 Å². The summed E-state index contributed by atoms with van der Waals surface area (Å²) in [6.07, 6.45) is 18.2. The first kappa shape index (κ1) is 71.3. The fourth-order valence-corrected chi connectivity index (χ4v) is 11.9. The second-order valence-corrected chi connectivity index (χ2v) is 25.2. The molecule has 0 spiro atoms. The van der Waals surface area contributed by atoms with Gasteiger partial charge in [0.25, 0.3) is 10.1 Å². The van der Waals surface area contributed by atoms with Crippen molar-refractivity contribution in [2.24, 2.45) is 17.8 Å². The first-order chi connectivity index (χ1) is 36.6. The lowest BCUT2D eigenvalue weighted by molar-refractivity contribution is -0.373. The Morgan fingerprint density at radius 1 is 0.545 bits per heavy atom. The third-order valence-corrected chi connectivity index (χ3v) is 15.9. The van der Waals surface area contributed by atoms with Crippen LogP contribution in [-0.4, -0.2) is 135 Å². The van der Waals surface area contributed by atoms with E-state index in [0.29, 0.717) is 30.9 Å². The summed E-state index contributed by atoms with van der Waals surface area (Å²) in [6, 6.07) is 0. The summed E-state index contributed by atoms with van der Waals surface area (Å²) in [5, 5.41) is 42.9. The van der Waals surface area contributed by atoms with Crippen molar-refractivity contribution < 1.29 is 83.5 Å². The molecule has 20 heteroatoms. The zero-order valence-electron chi connectivity index (χ0n) is 48.3. The standard InChI is InChI=1S/C57H106O18S2/c1-8-10-12-14-16-18-20-22-24-25-27-29-31-33-35-42(3)37-43(4)38-44(5)39-45(6)55(63)72-51-49(61)46(40-58)69-56(53(51)71-48(60)36-34-32-30-28-26-23-21-19-17-15-13-11-9-2)73-57-54(75-77(66,67)68)52(74-76(7,64)65)50(62)47(41-59)70-57/h39,42-44,46-47,49-54,56-59,61-62H,8-38,40-41H2,1-7H3,(H,66,67,68)/b45-39+/t42-,43-,44-,46+,47+,49+,50+,51-,52-,53+,54+,56+,57+/m0/s1. The number of esters is 2. The fraction of sp³-hybridized carbons (Fsp3) is 0.930. The molecule has 0 unspecified atom stereocenters. The number of rotatable bonds is 45. The van der Waals surface area contributed by atoms with Crippen molar-refractivity contribution in [1.29, 1.82) is 0 Å². The maximum Gasteiger partial charge on any atom is 0.397 e. The van der Waals surface area contributed by atoms with Gasteiger partial charge in [-0.25, -0.2) is 8.98 Å². The van der Waals surface area contributed by atoms with Gasteiger partial charge in [-0.1, -0.05) is 214 Å². The van der Waals surface area contributed by atoms with E-state index in [0.717, 1.165) is 44.9 Å². The molecule has 2 rings (SSSR count). The minimum absolute atomic E-state index is 0.0549. The highest BCUT2D eigenvalue weighted by atomic mass is 32.3. The van der Waals surface area contributed by atoms with Gasteiger partial charge in [-0.15, -0.1) is 0 Å².